The van der Waals surface area contributed by atoms with Gasteiger partial charge in [0, 0.05) is 5.02 Å². The van der Waals surface area contributed by atoms with Crippen molar-refractivity contribution in [2.75, 3.05) is 5.32 Å². The van der Waals surface area contributed by atoms with Gasteiger partial charge in [-0.1, -0.05) is 35.3 Å². The van der Waals surface area contributed by atoms with E-state index in [4.69, 9.17) is 27.9 Å². The third-order valence-corrected chi connectivity index (χ3v) is 3.68. The number of rotatable bonds is 5. The van der Waals surface area contributed by atoms with Crippen LogP contribution in [0.4, 0.5) is 10.1 Å². The Morgan fingerprint density at radius 1 is 1.17 bits per heavy atom. The molecule has 126 valence electrons. The summed E-state index contributed by atoms with van der Waals surface area (Å²) >= 11 is 11.7. The second-order valence-electron chi connectivity index (χ2n) is 5.05. The lowest BCUT2D eigenvalue weighted by Gasteiger charge is -2.14. The van der Waals surface area contributed by atoms with E-state index in [2.05, 4.69) is 5.32 Å². The molecule has 1 N–H and O–H groups in total. The van der Waals surface area contributed by atoms with E-state index in [-0.39, 0.29) is 17.3 Å². The quantitative estimate of drug-likeness (QED) is 0.801. The van der Waals surface area contributed by atoms with Crippen molar-refractivity contribution >= 4 is 40.8 Å². The third kappa shape index (κ3) is 5.22. The zero-order valence-corrected chi connectivity index (χ0v) is 14.2. The van der Waals surface area contributed by atoms with Gasteiger partial charge in [-0.15, -0.1) is 0 Å². The first-order valence-corrected chi connectivity index (χ1v) is 7.80. The zero-order valence-electron chi connectivity index (χ0n) is 12.7. The molecule has 7 heteroatoms. The van der Waals surface area contributed by atoms with Crippen LogP contribution < -0.4 is 5.32 Å². The summed E-state index contributed by atoms with van der Waals surface area (Å²) in [5.74, 6) is -1.50. The monoisotopic (exact) mass is 369 g/mol. The molecular formula is C17H14Cl2FNO3. The summed E-state index contributed by atoms with van der Waals surface area (Å²) in [4.78, 5) is 23.9. The lowest BCUT2D eigenvalue weighted by Crippen LogP contribution is -2.30. The Morgan fingerprint density at radius 2 is 1.83 bits per heavy atom. The van der Waals surface area contributed by atoms with Crippen LogP contribution in [-0.4, -0.2) is 18.0 Å². The molecule has 0 saturated carbocycles. The van der Waals surface area contributed by atoms with Crippen molar-refractivity contribution in [3.8, 4) is 0 Å². The molecule has 0 aliphatic heterocycles. The predicted octanol–water partition coefficient (Wildman–Crippen LogP) is 4.25. The standard InChI is InChI=1S/C17H14Cl2FNO3/c1-10(17(23)21-15-7-4-12(18)9-14(15)19)24-16(22)8-11-2-5-13(20)6-3-11/h2-7,9-10H,8H2,1H3,(H,21,23)/t10-/m0/s1. The predicted molar refractivity (Wildman–Crippen MR) is 90.7 cm³/mol. The number of ether oxygens (including phenoxy) is 1. The lowest BCUT2D eigenvalue weighted by atomic mass is 10.1. The van der Waals surface area contributed by atoms with Crippen LogP contribution in [0.5, 0.6) is 0 Å². The fourth-order valence-corrected chi connectivity index (χ4v) is 2.34. The van der Waals surface area contributed by atoms with Gasteiger partial charge in [0.15, 0.2) is 6.10 Å². The van der Waals surface area contributed by atoms with Gasteiger partial charge in [0.2, 0.25) is 0 Å². The van der Waals surface area contributed by atoms with E-state index in [0.717, 1.165) is 0 Å². The van der Waals surface area contributed by atoms with E-state index in [1.165, 1.54) is 37.3 Å². The van der Waals surface area contributed by atoms with E-state index < -0.39 is 18.0 Å². The number of anilines is 1. The number of hydrogen-bond acceptors (Lipinski definition) is 3. The van der Waals surface area contributed by atoms with Gasteiger partial charge >= 0.3 is 5.97 Å². The first-order valence-electron chi connectivity index (χ1n) is 7.05. The Bertz CT molecular complexity index is 750. The molecule has 2 aromatic rings. The van der Waals surface area contributed by atoms with Crippen LogP contribution in [0.2, 0.25) is 10.0 Å². The number of hydrogen-bond donors (Lipinski definition) is 1. The molecule has 0 fully saturated rings. The first-order chi connectivity index (χ1) is 11.3. The second-order valence-corrected chi connectivity index (χ2v) is 5.89. The SMILES string of the molecule is C[C@H](OC(=O)Cc1ccc(F)cc1)C(=O)Nc1ccc(Cl)cc1Cl. The normalized spacial score (nSPS) is 11.7. The molecule has 4 nitrogen and oxygen atoms in total. The molecule has 24 heavy (non-hydrogen) atoms. The van der Waals surface area contributed by atoms with Crippen LogP contribution in [0.3, 0.4) is 0 Å². The average Bonchev–Trinajstić information content (AvgIpc) is 2.52. The summed E-state index contributed by atoms with van der Waals surface area (Å²) in [7, 11) is 0. The van der Waals surface area contributed by atoms with Crippen molar-refractivity contribution in [3.05, 3.63) is 63.9 Å². The molecule has 2 rings (SSSR count). The number of halogens is 3. The molecule has 0 spiro atoms. The first kappa shape index (κ1) is 18.2. The number of benzene rings is 2. The number of carbonyl (C=O) groups is 2. The summed E-state index contributed by atoms with van der Waals surface area (Å²) in [5.41, 5.74) is 0.960. The second kappa shape index (κ2) is 8.13. The van der Waals surface area contributed by atoms with Gasteiger partial charge < -0.3 is 10.1 Å². The minimum absolute atomic E-state index is 0.0560. The topological polar surface area (TPSA) is 55.4 Å². The van der Waals surface area contributed by atoms with Crippen molar-refractivity contribution in [2.24, 2.45) is 0 Å². The van der Waals surface area contributed by atoms with Gasteiger partial charge in [-0.3, -0.25) is 9.59 Å². The van der Waals surface area contributed by atoms with E-state index in [1.54, 1.807) is 12.1 Å². The average molecular weight is 370 g/mol. The Labute approximate surface area is 148 Å². The molecule has 1 amide bonds. The molecule has 0 aliphatic carbocycles. The minimum atomic E-state index is -1.01. The van der Waals surface area contributed by atoms with Crippen molar-refractivity contribution in [1.29, 1.82) is 0 Å². The van der Waals surface area contributed by atoms with Gasteiger partial charge in [-0.25, -0.2) is 4.39 Å². The van der Waals surface area contributed by atoms with Gasteiger partial charge in [-0.05, 0) is 42.8 Å². The van der Waals surface area contributed by atoms with Gasteiger partial charge in [0.25, 0.3) is 5.91 Å². The van der Waals surface area contributed by atoms with Crippen LogP contribution in [0.15, 0.2) is 42.5 Å². The van der Waals surface area contributed by atoms with E-state index in [0.29, 0.717) is 16.3 Å². The molecule has 0 aromatic heterocycles. The number of carbonyl (C=O) groups excluding carboxylic acids is 2. The molecule has 0 unspecified atom stereocenters. The molecule has 0 heterocycles. The lowest BCUT2D eigenvalue weighted by molar-refractivity contribution is -0.152. The molecule has 0 bridgehead atoms. The van der Waals surface area contributed by atoms with E-state index in [9.17, 15) is 14.0 Å². The highest BCUT2D eigenvalue weighted by Crippen LogP contribution is 2.25. The van der Waals surface area contributed by atoms with Crippen molar-refractivity contribution in [1.82, 2.24) is 0 Å². The van der Waals surface area contributed by atoms with Gasteiger partial charge in [0.1, 0.15) is 5.82 Å². The van der Waals surface area contributed by atoms with Crippen LogP contribution in [0.25, 0.3) is 0 Å². The van der Waals surface area contributed by atoms with Crippen LogP contribution >= 0.6 is 23.2 Å². The van der Waals surface area contributed by atoms with Gasteiger partial charge in [0.05, 0.1) is 17.1 Å². The fraction of sp³-hybridized carbons (Fsp3) is 0.176. The summed E-state index contributed by atoms with van der Waals surface area (Å²) in [6, 6.07) is 10.1. The Kier molecular flexibility index (Phi) is 6.17. The number of amides is 1. The maximum absolute atomic E-state index is 12.8. The maximum atomic E-state index is 12.8. The highest BCUT2D eigenvalue weighted by molar-refractivity contribution is 6.36. The summed E-state index contributed by atoms with van der Waals surface area (Å²) < 4.78 is 17.9. The molecule has 0 saturated heterocycles. The smallest absolute Gasteiger partial charge is 0.311 e. The maximum Gasteiger partial charge on any atom is 0.311 e. The van der Waals surface area contributed by atoms with Crippen molar-refractivity contribution in [3.63, 3.8) is 0 Å². The summed E-state index contributed by atoms with van der Waals surface area (Å²) in [6.07, 6.45) is -1.07. The molecule has 1 atom stereocenters. The molecule has 2 aromatic carbocycles. The van der Waals surface area contributed by atoms with Gasteiger partial charge in [-0.2, -0.15) is 0 Å². The Hall–Kier alpha value is -2.11. The third-order valence-electron chi connectivity index (χ3n) is 3.13. The Morgan fingerprint density at radius 3 is 2.46 bits per heavy atom. The number of esters is 1. The minimum Gasteiger partial charge on any atom is -0.452 e. The van der Waals surface area contributed by atoms with E-state index in [1.807, 2.05) is 0 Å². The highest BCUT2D eigenvalue weighted by atomic mass is 35.5. The highest BCUT2D eigenvalue weighted by Gasteiger charge is 2.19. The van der Waals surface area contributed by atoms with Crippen LogP contribution in [-0.2, 0) is 20.7 Å². The molecule has 0 aliphatic rings. The van der Waals surface area contributed by atoms with Crippen molar-refractivity contribution in [2.45, 2.75) is 19.4 Å². The number of nitrogens with one attached hydrogen (secondary N) is 1. The van der Waals surface area contributed by atoms with Crippen LogP contribution in [0.1, 0.15) is 12.5 Å². The fourth-order valence-electron chi connectivity index (χ4n) is 1.89. The summed E-state index contributed by atoms with van der Waals surface area (Å²) in [5, 5.41) is 3.28. The summed E-state index contributed by atoms with van der Waals surface area (Å²) in [6.45, 7) is 1.45. The van der Waals surface area contributed by atoms with E-state index >= 15 is 0 Å². The molecule has 0 radical (unpaired) electrons. The Balaban J connectivity index is 1.90. The molecular weight excluding hydrogens is 356 g/mol. The van der Waals surface area contributed by atoms with Crippen LogP contribution in [0, 0.1) is 5.82 Å². The zero-order chi connectivity index (χ0) is 17.7. The van der Waals surface area contributed by atoms with Crippen molar-refractivity contribution < 1.29 is 18.7 Å². The largest absolute Gasteiger partial charge is 0.452 e.